The number of hydrogen-bond donors (Lipinski definition) is 1. The van der Waals surface area contributed by atoms with Gasteiger partial charge in [-0.05, 0) is 36.7 Å². The van der Waals surface area contributed by atoms with E-state index in [2.05, 4.69) is 40.3 Å². The van der Waals surface area contributed by atoms with Gasteiger partial charge in [-0.15, -0.1) is 22.7 Å². The molecule has 94 valence electrons. The third-order valence-electron chi connectivity index (χ3n) is 2.63. The molecular weight excluding hydrogens is 260 g/mol. The number of nitrogens with zero attached hydrogens (tertiary/aromatic N) is 1. The molecule has 0 amide bonds. The fourth-order valence-electron chi connectivity index (χ4n) is 1.58. The Morgan fingerprint density at radius 3 is 2.89 bits per heavy atom. The summed E-state index contributed by atoms with van der Waals surface area (Å²) in [5.74, 6) is 0. The second-order valence-electron chi connectivity index (χ2n) is 4.88. The molecule has 1 N–H and O–H groups in total. The lowest BCUT2D eigenvalue weighted by molar-refractivity contribution is 0.446. The summed E-state index contributed by atoms with van der Waals surface area (Å²) in [6.45, 7) is 5.45. The normalized spacial score (nSPS) is 11.4. The van der Waals surface area contributed by atoms with E-state index in [1.54, 1.807) is 22.7 Å². The second-order valence-corrected chi connectivity index (χ2v) is 6.82. The van der Waals surface area contributed by atoms with Crippen LogP contribution in [0.5, 0.6) is 0 Å². The van der Waals surface area contributed by atoms with Crippen LogP contribution >= 0.6 is 22.7 Å². The highest BCUT2D eigenvalue weighted by Crippen LogP contribution is 2.29. The Morgan fingerprint density at radius 1 is 1.39 bits per heavy atom. The number of thiophene rings is 2. The zero-order valence-corrected chi connectivity index (χ0v) is 12.2. The van der Waals surface area contributed by atoms with E-state index in [1.165, 1.54) is 15.3 Å². The van der Waals surface area contributed by atoms with Gasteiger partial charge in [0.2, 0.25) is 0 Å². The smallest absolute Gasteiger partial charge is 0.0697 e. The fourth-order valence-corrected chi connectivity index (χ4v) is 3.23. The average molecular weight is 276 g/mol. The molecule has 0 atom stereocenters. The first kappa shape index (κ1) is 13.3. The number of rotatable bonds is 5. The van der Waals surface area contributed by atoms with Crippen LogP contribution in [0.15, 0.2) is 29.0 Å². The van der Waals surface area contributed by atoms with E-state index >= 15 is 0 Å². The second kappa shape index (κ2) is 5.66. The van der Waals surface area contributed by atoms with Gasteiger partial charge in [0.25, 0.3) is 0 Å². The third-order valence-corrected chi connectivity index (χ3v) is 4.48. The lowest BCUT2D eigenvalue weighted by atomic mass is 9.96. The molecule has 0 aliphatic rings. The van der Waals surface area contributed by atoms with Crippen LogP contribution in [0.4, 0.5) is 0 Å². The maximum atomic E-state index is 8.93. The first-order valence-electron chi connectivity index (χ1n) is 5.84. The molecule has 0 bridgehead atoms. The molecule has 0 aliphatic carbocycles. The molecule has 0 aromatic carbocycles. The van der Waals surface area contributed by atoms with E-state index < -0.39 is 0 Å². The molecule has 0 radical (unpaired) electrons. The molecule has 2 rings (SSSR count). The van der Waals surface area contributed by atoms with E-state index in [0.717, 1.165) is 13.1 Å². The molecule has 2 nitrogen and oxygen atoms in total. The van der Waals surface area contributed by atoms with Crippen molar-refractivity contribution in [2.75, 3.05) is 6.54 Å². The molecule has 0 fully saturated rings. The SMILES string of the molecule is CC(C)(C#N)CNCc1cc(-c2cccs2)cs1. The molecule has 0 aliphatic heterocycles. The van der Waals surface area contributed by atoms with Crippen molar-refractivity contribution in [2.45, 2.75) is 20.4 Å². The average Bonchev–Trinajstić information content (AvgIpc) is 2.98. The van der Waals surface area contributed by atoms with Crippen molar-refractivity contribution in [3.8, 4) is 16.5 Å². The van der Waals surface area contributed by atoms with E-state index in [0.29, 0.717) is 0 Å². The fraction of sp³-hybridized carbons (Fsp3) is 0.357. The number of nitrogens with one attached hydrogen (secondary N) is 1. The first-order valence-corrected chi connectivity index (χ1v) is 7.60. The summed E-state index contributed by atoms with van der Waals surface area (Å²) in [5.41, 5.74) is 1.000. The molecule has 0 saturated carbocycles. The van der Waals surface area contributed by atoms with Gasteiger partial charge in [0.15, 0.2) is 0 Å². The van der Waals surface area contributed by atoms with Crippen molar-refractivity contribution in [1.82, 2.24) is 5.32 Å². The highest BCUT2D eigenvalue weighted by Gasteiger charge is 2.15. The largest absolute Gasteiger partial charge is 0.310 e. The van der Waals surface area contributed by atoms with Gasteiger partial charge >= 0.3 is 0 Å². The van der Waals surface area contributed by atoms with Crippen LogP contribution in [-0.4, -0.2) is 6.54 Å². The molecular formula is C14H16N2S2. The predicted octanol–water partition coefficient (Wildman–Crippen LogP) is 4.12. The third kappa shape index (κ3) is 3.42. The molecule has 0 unspecified atom stereocenters. The quantitative estimate of drug-likeness (QED) is 0.892. The molecule has 2 aromatic rings. The van der Waals surface area contributed by atoms with Crippen molar-refractivity contribution in [2.24, 2.45) is 5.41 Å². The van der Waals surface area contributed by atoms with Crippen LogP contribution < -0.4 is 5.32 Å². The van der Waals surface area contributed by atoms with Gasteiger partial charge in [-0.25, -0.2) is 0 Å². The van der Waals surface area contributed by atoms with Gasteiger partial charge in [0, 0.05) is 28.4 Å². The summed E-state index contributed by atoms with van der Waals surface area (Å²) < 4.78 is 0. The minimum absolute atomic E-state index is 0.298. The minimum atomic E-state index is -0.298. The molecule has 18 heavy (non-hydrogen) atoms. The molecule has 0 saturated heterocycles. The zero-order chi connectivity index (χ0) is 13.0. The summed E-state index contributed by atoms with van der Waals surface area (Å²) in [4.78, 5) is 2.63. The maximum absolute atomic E-state index is 8.93. The Hall–Kier alpha value is -1.15. The topological polar surface area (TPSA) is 35.8 Å². The maximum Gasteiger partial charge on any atom is 0.0697 e. The van der Waals surface area contributed by atoms with Gasteiger partial charge in [-0.1, -0.05) is 6.07 Å². The van der Waals surface area contributed by atoms with Gasteiger partial charge in [-0.3, -0.25) is 0 Å². The summed E-state index contributed by atoms with van der Waals surface area (Å²) >= 11 is 3.53. The van der Waals surface area contributed by atoms with Crippen molar-refractivity contribution in [3.05, 3.63) is 33.8 Å². The van der Waals surface area contributed by atoms with Crippen LogP contribution in [0.1, 0.15) is 18.7 Å². The minimum Gasteiger partial charge on any atom is -0.310 e. The molecule has 4 heteroatoms. The van der Waals surface area contributed by atoms with Crippen LogP contribution in [0, 0.1) is 16.7 Å². The molecule has 2 aromatic heterocycles. The van der Waals surface area contributed by atoms with Crippen LogP contribution in [0.3, 0.4) is 0 Å². The van der Waals surface area contributed by atoms with Gasteiger partial charge in [0.05, 0.1) is 11.5 Å². The predicted molar refractivity (Wildman–Crippen MR) is 78.7 cm³/mol. The van der Waals surface area contributed by atoms with Gasteiger partial charge in [-0.2, -0.15) is 5.26 Å². The van der Waals surface area contributed by atoms with Crippen molar-refractivity contribution in [1.29, 1.82) is 5.26 Å². The lowest BCUT2D eigenvalue weighted by Gasteiger charge is -2.15. The van der Waals surface area contributed by atoms with Crippen molar-refractivity contribution in [3.63, 3.8) is 0 Å². The van der Waals surface area contributed by atoms with E-state index in [1.807, 2.05) is 13.8 Å². The molecule has 2 heterocycles. The first-order chi connectivity index (χ1) is 8.61. The zero-order valence-electron chi connectivity index (χ0n) is 10.6. The molecule has 0 spiro atoms. The highest BCUT2D eigenvalue weighted by molar-refractivity contribution is 7.14. The van der Waals surface area contributed by atoms with Crippen molar-refractivity contribution >= 4 is 22.7 Å². The summed E-state index contributed by atoms with van der Waals surface area (Å²) in [7, 11) is 0. The Labute approximate surface area is 116 Å². The van der Waals surface area contributed by atoms with E-state index in [-0.39, 0.29) is 5.41 Å². The van der Waals surface area contributed by atoms with Crippen LogP contribution in [-0.2, 0) is 6.54 Å². The summed E-state index contributed by atoms with van der Waals surface area (Å²) in [6.07, 6.45) is 0. The Bertz CT molecular complexity index is 532. The van der Waals surface area contributed by atoms with Gasteiger partial charge in [0.1, 0.15) is 0 Å². The van der Waals surface area contributed by atoms with Crippen LogP contribution in [0.25, 0.3) is 10.4 Å². The standard InChI is InChI=1S/C14H16N2S2/c1-14(2,9-15)10-16-7-12-6-11(8-18-12)13-4-3-5-17-13/h3-6,8,16H,7,10H2,1-2H3. The summed E-state index contributed by atoms with van der Waals surface area (Å²) in [5, 5.41) is 16.6. The van der Waals surface area contributed by atoms with Crippen LogP contribution in [0.2, 0.25) is 0 Å². The highest BCUT2D eigenvalue weighted by atomic mass is 32.1. The van der Waals surface area contributed by atoms with Gasteiger partial charge < -0.3 is 5.32 Å². The number of hydrogen-bond acceptors (Lipinski definition) is 4. The lowest BCUT2D eigenvalue weighted by Crippen LogP contribution is -2.27. The monoisotopic (exact) mass is 276 g/mol. The summed E-state index contributed by atoms with van der Waals surface area (Å²) in [6, 6.07) is 8.74. The van der Waals surface area contributed by atoms with E-state index in [9.17, 15) is 0 Å². The van der Waals surface area contributed by atoms with E-state index in [4.69, 9.17) is 5.26 Å². The number of nitriles is 1. The van der Waals surface area contributed by atoms with Crippen molar-refractivity contribution < 1.29 is 0 Å². The Kier molecular flexibility index (Phi) is 4.18. The Morgan fingerprint density at radius 2 is 2.22 bits per heavy atom. The Balaban J connectivity index is 1.90.